The van der Waals surface area contributed by atoms with Gasteiger partial charge in [-0.1, -0.05) is 86.3 Å². The van der Waals surface area contributed by atoms with E-state index < -0.39 is 31.1 Å². The Labute approximate surface area is 255 Å². The molecule has 0 atom stereocenters. The highest BCUT2D eigenvalue weighted by atomic mass is 32.2. The third-order valence-electron chi connectivity index (χ3n) is 7.87. The summed E-state index contributed by atoms with van der Waals surface area (Å²) in [5.41, 5.74) is 3.24. The zero-order chi connectivity index (χ0) is 30.7. The van der Waals surface area contributed by atoms with Crippen molar-refractivity contribution in [1.82, 2.24) is 0 Å². The van der Waals surface area contributed by atoms with E-state index >= 15 is 0 Å². The third kappa shape index (κ3) is 9.01. The fraction of sp³-hybridized carbons (Fsp3) is 0.333. The van der Waals surface area contributed by atoms with Crippen LogP contribution in [-0.2, 0) is 35.5 Å². The minimum atomic E-state index is -4.45. The molecule has 4 rings (SSSR count). The average Bonchev–Trinajstić information content (AvgIpc) is 3.00. The Morgan fingerprint density at radius 3 is 1.16 bits per heavy atom. The summed E-state index contributed by atoms with van der Waals surface area (Å²) in [5.74, 6) is -1.45. The monoisotopic (exact) mass is 602 g/mol. The van der Waals surface area contributed by atoms with Gasteiger partial charge in [-0.3, -0.25) is 0 Å². The number of phenols is 4. The number of unbranched alkanes of at least 4 members (excludes halogenated alkanes) is 6. The Balaban J connectivity index is 1.37. The molecule has 0 aliphatic heterocycles. The molecule has 0 bridgehead atoms. The summed E-state index contributed by atoms with van der Waals surface area (Å²) in [6.45, 7) is 0. The standard InChI is InChI=1S/C36H42O6S/c37-31-23-29(21-13-3-1-7-15-27-17-9-5-10-18-27)35(39)33(25-31)43(41,42)34-26-32(38)24-30(36(34)40)22-14-4-2-8-16-28-19-11-6-12-20-28/h5-6,9-12,17-20,23-26,37-40H,1-4,7-8,13-16,21-22H2. The van der Waals surface area contributed by atoms with Crippen molar-refractivity contribution in [3.05, 3.63) is 107 Å². The molecule has 0 aromatic heterocycles. The van der Waals surface area contributed by atoms with Gasteiger partial charge in [0.25, 0.3) is 0 Å². The van der Waals surface area contributed by atoms with Gasteiger partial charge in [-0.15, -0.1) is 0 Å². The molecular weight excluding hydrogens is 560 g/mol. The Bertz CT molecular complexity index is 1450. The second-order valence-corrected chi connectivity index (χ2v) is 13.1. The molecule has 0 heterocycles. The van der Waals surface area contributed by atoms with Gasteiger partial charge in [-0.2, -0.15) is 0 Å². The number of hydrogen-bond acceptors (Lipinski definition) is 6. The molecule has 228 valence electrons. The maximum Gasteiger partial charge on any atom is 0.214 e. The van der Waals surface area contributed by atoms with Crippen LogP contribution in [0.2, 0.25) is 0 Å². The van der Waals surface area contributed by atoms with Gasteiger partial charge in [0.15, 0.2) is 0 Å². The average molecular weight is 603 g/mol. The zero-order valence-corrected chi connectivity index (χ0v) is 25.4. The number of aryl methyl sites for hydroxylation is 4. The number of aromatic hydroxyl groups is 4. The molecule has 4 aromatic rings. The second-order valence-electron chi connectivity index (χ2n) is 11.2. The molecule has 0 spiro atoms. The van der Waals surface area contributed by atoms with Gasteiger partial charge in [0.1, 0.15) is 32.8 Å². The normalized spacial score (nSPS) is 11.5. The Morgan fingerprint density at radius 2 is 0.791 bits per heavy atom. The number of benzene rings is 4. The summed E-state index contributed by atoms with van der Waals surface area (Å²) in [7, 11) is -4.45. The summed E-state index contributed by atoms with van der Waals surface area (Å²) < 4.78 is 27.3. The maximum absolute atomic E-state index is 13.6. The van der Waals surface area contributed by atoms with Crippen molar-refractivity contribution in [2.75, 3.05) is 0 Å². The van der Waals surface area contributed by atoms with E-state index in [4.69, 9.17) is 0 Å². The van der Waals surface area contributed by atoms with Gasteiger partial charge in [0.05, 0.1) is 0 Å². The van der Waals surface area contributed by atoms with Gasteiger partial charge >= 0.3 is 0 Å². The Morgan fingerprint density at radius 1 is 0.442 bits per heavy atom. The smallest absolute Gasteiger partial charge is 0.214 e. The van der Waals surface area contributed by atoms with E-state index in [0.717, 1.165) is 76.3 Å². The molecule has 6 nitrogen and oxygen atoms in total. The van der Waals surface area contributed by atoms with Gasteiger partial charge in [0.2, 0.25) is 9.84 Å². The van der Waals surface area contributed by atoms with E-state index in [-0.39, 0.29) is 11.5 Å². The summed E-state index contributed by atoms with van der Waals surface area (Å²) in [5, 5.41) is 42.6. The van der Waals surface area contributed by atoms with Crippen molar-refractivity contribution in [3.63, 3.8) is 0 Å². The molecule has 0 saturated heterocycles. The minimum absolute atomic E-state index is 0.286. The molecule has 43 heavy (non-hydrogen) atoms. The number of sulfone groups is 1. The fourth-order valence-corrected chi connectivity index (χ4v) is 7.05. The molecule has 0 aliphatic rings. The summed E-state index contributed by atoms with van der Waals surface area (Å²) in [4.78, 5) is -0.973. The van der Waals surface area contributed by atoms with E-state index in [1.165, 1.54) is 23.3 Å². The molecule has 0 amide bonds. The van der Waals surface area contributed by atoms with E-state index in [1.807, 2.05) is 36.4 Å². The van der Waals surface area contributed by atoms with Crippen LogP contribution >= 0.6 is 0 Å². The zero-order valence-electron chi connectivity index (χ0n) is 24.6. The number of rotatable bonds is 16. The Kier molecular flexibility index (Phi) is 11.5. The van der Waals surface area contributed by atoms with Crippen molar-refractivity contribution < 1.29 is 28.8 Å². The molecular formula is C36H42O6S. The number of hydrogen-bond donors (Lipinski definition) is 4. The number of phenolic OH excluding ortho intramolecular Hbond substituents is 4. The van der Waals surface area contributed by atoms with Crippen LogP contribution in [0.25, 0.3) is 0 Å². The first-order valence-corrected chi connectivity index (χ1v) is 16.7. The first kappa shape index (κ1) is 32.0. The van der Waals surface area contributed by atoms with Crippen molar-refractivity contribution in [2.24, 2.45) is 0 Å². The highest BCUT2D eigenvalue weighted by Crippen LogP contribution is 2.41. The lowest BCUT2D eigenvalue weighted by molar-refractivity contribution is 0.431. The highest BCUT2D eigenvalue weighted by molar-refractivity contribution is 7.91. The SMILES string of the molecule is O=S(=O)(c1cc(O)cc(CCCCCCc2ccccc2)c1O)c1cc(O)cc(CCCCCCc2ccccc2)c1O. The van der Waals surface area contributed by atoms with Gasteiger partial charge < -0.3 is 20.4 Å². The molecule has 4 N–H and O–H groups in total. The summed E-state index contributed by atoms with van der Waals surface area (Å²) in [6.07, 6.45) is 10.1. The van der Waals surface area contributed by atoms with Crippen molar-refractivity contribution in [2.45, 2.75) is 86.8 Å². The second kappa shape index (κ2) is 15.5. The topological polar surface area (TPSA) is 115 Å². The maximum atomic E-state index is 13.6. The molecule has 4 aromatic carbocycles. The van der Waals surface area contributed by atoms with Crippen LogP contribution in [0.4, 0.5) is 0 Å². The van der Waals surface area contributed by atoms with Crippen molar-refractivity contribution in [1.29, 1.82) is 0 Å². The minimum Gasteiger partial charge on any atom is -0.508 e. The lowest BCUT2D eigenvalue weighted by Crippen LogP contribution is -2.06. The van der Waals surface area contributed by atoms with Crippen molar-refractivity contribution >= 4 is 9.84 Å². The largest absolute Gasteiger partial charge is 0.508 e. The lowest BCUT2D eigenvalue weighted by Gasteiger charge is -2.15. The van der Waals surface area contributed by atoms with Gasteiger partial charge in [0, 0.05) is 12.1 Å². The summed E-state index contributed by atoms with van der Waals surface area (Å²) in [6, 6.07) is 25.3. The van der Waals surface area contributed by atoms with E-state index in [1.54, 1.807) is 0 Å². The fourth-order valence-electron chi connectivity index (χ4n) is 5.49. The molecule has 0 unspecified atom stereocenters. The van der Waals surface area contributed by atoms with Crippen molar-refractivity contribution in [3.8, 4) is 23.0 Å². The van der Waals surface area contributed by atoms with Crippen LogP contribution in [0, 0.1) is 0 Å². The highest BCUT2D eigenvalue weighted by Gasteiger charge is 2.29. The van der Waals surface area contributed by atoms with Crippen LogP contribution in [0.15, 0.2) is 94.7 Å². The first-order chi connectivity index (χ1) is 20.8. The van der Waals surface area contributed by atoms with Crippen LogP contribution in [0.1, 0.15) is 73.6 Å². The molecule has 0 saturated carbocycles. The molecule has 0 fully saturated rings. The lowest BCUT2D eigenvalue weighted by atomic mass is 10.0. The van der Waals surface area contributed by atoms with Crippen LogP contribution < -0.4 is 0 Å². The Hall–Kier alpha value is -3.97. The van der Waals surface area contributed by atoms with Crippen LogP contribution in [0.3, 0.4) is 0 Å². The van der Waals surface area contributed by atoms with Crippen LogP contribution in [-0.4, -0.2) is 28.8 Å². The first-order valence-electron chi connectivity index (χ1n) is 15.2. The molecule has 7 heteroatoms. The predicted molar refractivity (Wildman–Crippen MR) is 170 cm³/mol. The third-order valence-corrected chi connectivity index (χ3v) is 9.65. The van der Waals surface area contributed by atoms with Gasteiger partial charge in [-0.05, 0) is 85.8 Å². The molecule has 0 aliphatic carbocycles. The van der Waals surface area contributed by atoms with E-state index in [2.05, 4.69) is 24.3 Å². The van der Waals surface area contributed by atoms with Crippen LogP contribution in [0.5, 0.6) is 23.0 Å². The quantitative estimate of drug-likeness (QED) is 0.0762. The summed E-state index contributed by atoms with van der Waals surface area (Å²) >= 11 is 0. The van der Waals surface area contributed by atoms with E-state index in [0.29, 0.717) is 24.0 Å². The molecule has 0 radical (unpaired) electrons. The van der Waals surface area contributed by atoms with Gasteiger partial charge in [-0.25, -0.2) is 8.42 Å². The van der Waals surface area contributed by atoms with E-state index in [9.17, 15) is 28.8 Å². The predicted octanol–water partition coefficient (Wildman–Crippen LogP) is 8.03.